The fourth-order valence-electron chi connectivity index (χ4n) is 0.800. The molecule has 0 radical (unpaired) electrons. The van der Waals surface area contributed by atoms with Gasteiger partial charge in [0, 0.05) is 12.5 Å². The summed E-state index contributed by atoms with van der Waals surface area (Å²) in [6, 6.07) is 3.81. The molecule has 0 aliphatic rings. The summed E-state index contributed by atoms with van der Waals surface area (Å²) in [6.07, 6.45) is 0. The van der Waals surface area contributed by atoms with Crippen molar-refractivity contribution in [1.29, 1.82) is 0 Å². The number of rotatable bonds is 1. The van der Waals surface area contributed by atoms with E-state index < -0.39 is 5.92 Å². The second kappa shape index (κ2) is 2.90. The van der Waals surface area contributed by atoms with Crippen molar-refractivity contribution in [3.05, 3.63) is 28.8 Å². The molecule has 0 aliphatic carbocycles. The maximum absolute atomic E-state index is 12.7. The molecule has 4 heteroatoms. The van der Waals surface area contributed by atoms with Crippen LogP contribution in [0.1, 0.15) is 12.5 Å². The summed E-state index contributed by atoms with van der Waals surface area (Å²) in [4.78, 5) is 0. The first-order chi connectivity index (χ1) is 5.41. The van der Waals surface area contributed by atoms with E-state index in [0.717, 1.165) is 6.92 Å². The minimum Gasteiger partial charge on any atom is -0.398 e. The molecule has 2 N–H and O–H groups in total. The number of nitrogens with two attached hydrogens (primary N) is 1. The Morgan fingerprint density at radius 1 is 1.42 bits per heavy atom. The molecule has 0 aromatic heterocycles. The van der Waals surface area contributed by atoms with E-state index >= 15 is 0 Å². The molecule has 12 heavy (non-hydrogen) atoms. The van der Waals surface area contributed by atoms with E-state index in [1.165, 1.54) is 18.2 Å². The lowest BCUT2D eigenvalue weighted by atomic mass is 10.1. The molecule has 1 aromatic carbocycles. The van der Waals surface area contributed by atoms with Crippen molar-refractivity contribution in [2.45, 2.75) is 12.8 Å². The van der Waals surface area contributed by atoms with Gasteiger partial charge in [-0.15, -0.1) is 0 Å². The highest BCUT2D eigenvalue weighted by atomic mass is 35.5. The zero-order valence-electron chi connectivity index (χ0n) is 6.44. The van der Waals surface area contributed by atoms with Crippen LogP contribution in [0.4, 0.5) is 14.5 Å². The van der Waals surface area contributed by atoms with Gasteiger partial charge in [0.15, 0.2) is 0 Å². The fraction of sp³-hybridized carbons (Fsp3) is 0.250. The summed E-state index contributed by atoms with van der Waals surface area (Å²) in [7, 11) is 0. The van der Waals surface area contributed by atoms with Crippen molar-refractivity contribution in [2.75, 3.05) is 5.73 Å². The molecule has 0 aliphatic heterocycles. The molecule has 66 valence electrons. The Morgan fingerprint density at radius 2 is 2.00 bits per heavy atom. The minimum absolute atomic E-state index is 0.123. The van der Waals surface area contributed by atoms with Crippen LogP contribution in [-0.4, -0.2) is 0 Å². The van der Waals surface area contributed by atoms with Crippen molar-refractivity contribution in [2.24, 2.45) is 0 Å². The molecule has 0 atom stereocenters. The van der Waals surface area contributed by atoms with Gasteiger partial charge in [-0.25, -0.2) is 8.78 Å². The van der Waals surface area contributed by atoms with Gasteiger partial charge in [0.1, 0.15) is 0 Å². The standard InChI is InChI=1S/C8H8ClF2N/c1-8(10,11)5-2-3-7(12)6(9)4-5/h2-4H,12H2,1H3. The van der Waals surface area contributed by atoms with Gasteiger partial charge >= 0.3 is 0 Å². The summed E-state index contributed by atoms with van der Waals surface area (Å²) < 4.78 is 25.3. The number of alkyl halides is 2. The van der Waals surface area contributed by atoms with Crippen LogP contribution >= 0.6 is 11.6 Å². The Bertz CT molecular complexity index is 294. The summed E-state index contributed by atoms with van der Waals surface area (Å²) in [5.41, 5.74) is 5.54. The number of anilines is 1. The van der Waals surface area contributed by atoms with Crippen LogP contribution in [0, 0.1) is 0 Å². The summed E-state index contributed by atoms with van der Waals surface area (Å²) in [5.74, 6) is -2.86. The lowest BCUT2D eigenvalue weighted by Gasteiger charge is -2.10. The summed E-state index contributed by atoms with van der Waals surface area (Å²) >= 11 is 5.56. The number of benzene rings is 1. The van der Waals surface area contributed by atoms with Gasteiger partial charge in [-0.05, 0) is 12.1 Å². The predicted octanol–water partition coefficient (Wildman–Crippen LogP) is 3.03. The van der Waals surface area contributed by atoms with Gasteiger partial charge in [-0.3, -0.25) is 0 Å². The zero-order valence-corrected chi connectivity index (χ0v) is 7.20. The predicted molar refractivity (Wildman–Crippen MR) is 45.4 cm³/mol. The van der Waals surface area contributed by atoms with Crippen molar-refractivity contribution in [1.82, 2.24) is 0 Å². The fourth-order valence-corrected chi connectivity index (χ4v) is 0.981. The van der Waals surface area contributed by atoms with Gasteiger partial charge in [0.2, 0.25) is 0 Å². The molecule has 0 bridgehead atoms. The highest BCUT2D eigenvalue weighted by Gasteiger charge is 2.24. The average Bonchev–Trinajstić information content (AvgIpc) is 1.92. The van der Waals surface area contributed by atoms with E-state index in [9.17, 15) is 8.78 Å². The van der Waals surface area contributed by atoms with Crippen LogP contribution in [0.15, 0.2) is 18.2 Å². The summed E-state index contributed by atoms with van der Waals surface area (Å²) in [5, 5.41) is 0.161. The molecule has 1 rings (SSSR count). The highest BCUT2D eigenvalue weighted by Crippen LogP contribution is 2.30. The third kappa shape index (κ3) is 1.85. The molecule has 0 heterocycles. The van der Waals surface area contributed by atoms with Crippen LogP contribution in [0.5, 0.6) is 0 Å². The van der Waals surface area contributed by atoms with Gasteiger partial charge in [-0.2, -0.15) is 0 Å². The van der Waals surface area contributed by atoms with E-state index in [2.05, 4.69) is 0 Å². The maximum Gasteiger partial charge on any atom is 0.270 e. The van der Waals surface area contributed by atoms with Crippen LogP contribution in [0.25, 0.3) is 0 Å². The quantitative estimate of drug-likeness (QED) is 0.679. The first-order valence-corrected chi connectivity index (χ1v) is 3.72. The minimum atomic E-state index is -2.86. The zero-order chi connectivity index (χ0) is 9.35. The van der Waals surface area contributed by atoms with Gasteiger partial charge in [-0.1, -0.05) is 17.7 Å². The van der Waals surface area contributed by atoms with E-state index in [1.807, 2.05) is 0 Å². The second-order valence-electron chi connectivity index (χ2n) is 2.62. The Morgan fingerprint density at radius 3 is 2.42 bits per heavy atom. The number of hydrogen-bond donors (Lipinski definition) is 1. The Labute approximate surface area is 74.1 Å². The number of hydrogen-bond acceptors (Lipinski definition) is 1. The molecule has 0 fully saturated rings. The molecule has 0 amide bonds. The van der Waals surface area contributed by atoms with E-state index in [4.69, 9.17) is 17.3 Å². The Balaban J connectivity index is 3.14. The lowest BCUT2D eigenvalue weighted by Crippen LogP contribution is -2.06. The molecular weight excluding hydrogens is 184 g/mol. The summed E-state index contributed by atoms with van der Waals surface area (Å²) in [6.45, 7) is 0.814. The lowest BCUT2D eigenvalue weighted by molar-refractivity contribution is 0.0175. The third-order valence-corrected chi connectivity index (χ3v) is 1.83. The molecule has 1 aromatic rings. The first-order valence-electron chi connectivity index (χ1n) is 3.34. The highest BCUT2D eigenvalue weighted by molar-refractivity contribution is 6.33. The van der Waals surface area contributed by atoms with Gasteiger partial charge in [0.25, 0.3) is 5.92 Å². The van der Waals surface area contributed by atoms with E-state index in [-0.39, 0.29) is 10.6 Å². The normalized spacial score (nSPS) is 11.7. The maximum atomic E-state index is 12.7. The van der Waals surface area contributed by atoms with E-state index in [1.54, 1.807) is 0 Å². The molecule has 0 unspecified atom stereocenters. The molecule has 0 spiro atoms. The number of nitrogen functional groups attached to an aromatic ring is 1. The van der Waals surface area contributed by atoms with Crippen LogP contribution < -0.4 is 5.73 Å². The van der Waals surface area contributed by atoms with Crippen LogP contribution in [-0.2, 0) is 5.92 Å². The molecule has 0 saturated heterocycles. The monoisotopic (exact) mass is 191 g/mol. The molecular formula is C8H8ClF2N. The average molecular weight is 192 g/mol. The SMILES string of the molecule is CC(F)(F)c1ccc(N)c(Cl)c1. The Kier molecular flexibility index (Phi) is 2.24. The first kappa shape index (κ1) is 9.26. The van der Waals surface area contributed by atoms with Crippen molar-refractivity contribution >= 4 is 17.3 Å². The third-order valence-electron chi connectivity index (χ3n) is 1.51. The molecule has 1 nitrogen and oxygen atoms in total. The van der Waals surface area contributed by atoms with Crippen molar-refractivity contribution < 1.29 is 8.78 Å². The second-order valence-corrected chi connectivity index (χ2v) is 3.03. The van der Waals surface area contributed by atoms with Gasteiger partial charge in [0.05, 0.1) is 10.7 Å². The van der Waals surface area contributed by atoms with E-state index in [0.29, 0.717) is 5.69 Å². The topological polar surface area (TPSA) is 26.0 Å². The Hall–Kier alpha value is -0.830. The van der Waals surface area contributed by atoms with Crippen molar-refractivity contribution in [3.63, 3.8) is 0 Å². The smallest absolute Gasteiger partial charge is 0.270 e. The van der Waals surface area contributed by atoms with Crippen molar-refractivity contribution in [3.8, 4) is 0 Å². The number of halogens is 3. The van der Waals surface area contributed by atoms with Crippen LogP contribution in [0.3, 0.4) is 0 Å². The largest absolute Gasteiger partial charge is 0.398 e. The molecule has 0 saturated carbocycles. The van der Waals surface area contributed by atoms with Gasteiger partial charge < -0.3 is 5.73 Å². The van der Waals surface area contributed by atoms with Crippen LogP contribution in [0.2, 0.25) is 5.02 Å².